The van der Waals surface area contributed by atoms with E-state index in [-0.39, 0.29) is 6.23 Å². The van der Waals surface area contributed by atoms with Gasteiger partial charge in [0.05, 0.1) is 0 Å². The van der Waals surface area contributed by atoms with Crippen LogP contribution < -0.4 is 10.1 Å². The second-order valence-corrected chi connectivity index (χ2v) is 6.42. The van der Waals surface area contributed by atoms with Crippen molar-refractivity contribution in [2.24, 2.45) is 0 Å². The number of ether oxygens (including phenoxy) is 1. The molecule has 5 nitrogen and oxygen atoms in total. The van der Waals surface area contributed by atoms with Crippen molar-refractivity contribution in [3.05, 3.63) is 22.7 Å². The second-order valence-electron chi connectivity index (χ2n) is 4.28. The smallest absolute Gasteiger partial charge is 0.247 e. The lowest BCUT2D eigenvalue weighted by molar-refractivity contribution is 0.240. The van der Waals surface area contributed by atoms with Gasteiger partial charge in [-0.25, -0.2) is 0 Å². The molecule has 1 aliphatic heterocycles. The van der Waals surface area contributed by atoms with Gasteiger partial charge in [0, 0.05) is 15.7 Å². The minimum Gasteiger partial charge on any atom is -0.452 e. The molecule has 104 valence electrons. The Hall–Kier alpha value is -1.34. The van der Waals surface area contributed by atoms with Crippen molar-refractivity contribution in [2.75, 3.05) is 11.1 Å². The summed E-state index contributed by atoms with van der Waals surface area (Å²) in [6, 6.07) is 5.96. The average Bonchev–Trinajstić information content (AvgIpc) is 2.54. The van der Waals surface area contributed by atoms with Crippen LogP contribution in [-0.4, -0.2) is 27.2 Å². The van der Waals surface area contributed by atoms with Crippen LogP contribution in [0.15, 0.2) is 27.8 Å². The summed E-state index contributed by atoms with van der Waals surface area (Å²) < 4.78 is 6.79. The molecular weight excluding hydrogens is 340 g/mol. The van der Waals surface area contributed by atoms with E-state index in [0.29, 0.717) is 16.7 Å². The van der Waals surface area contributed by atoms with Gasteiger partial charge in [-0.1, -0.05) is 34.6 Å². The molecule has 20 heavy (non-hydrogen) atoms. The third-order valence-electron chi connectivity index (χ3n) is 2.79. The first kappa shape index (κ1) is 13.6. The van der Waals surface area contributed by atoms with E-state index in [0.717, 1.165) is 21.5 Å². The molecule has 1 aromatic carbocycles. The summed E-state index contributed by atoms with van der Waals surface area (Å²) in [4.78, 5) is 4.45. The quantitative estimate of drug-likeness (QED) is 0.833. The number of halogens is 1. The van der Waals surface area contributed by atoms with Gasteiger partial charge >= 0.3 is 0 Å². The third-order valence-corrected chi connectivity index (χ3v) is 4.01. The Balaban J connectivity index is 2.15. The van der Waals surface area contributed by atoms with Gasteiger partial charge < -0.3 is 10.1 Å². The SMILES string of the molecule is CCSc1nnc2c(n1)O[C@@H](C)Nc1ccc(Br)cc1-2. The van der Waals surface area contributed by atoms with Crippen LogP contribution >= 0.6 is 27.7 Å². The van der Waals surface area contributed by atoms with Crippen molar-refractivity contribution >= 4 is 33.4 Å². The first-order valence-corrected chi connectivity index (χ1v) is 8.06. The monoisotopic (exact) mass is 352 g/mol. The molecule has 0 amide bonds. The first-order valence-electron chi connectivity index (χ1n) is 6.28. The van der Waals surface area contributed by atoms with Crippen LogP contribution in [0.25, 0.3) is 11.3 Å². The minimum absolute atomic E-state index is 0.174. The predicted molar refractivity (Wildman–Crippen MR) is 83.1 cm³/mol. The molecule has 0 spiro atoms. The zero-order chi connectivity index (χ0) is 14.1. The van der Waals surface area contributed by atoms with Crippen molar-refractivity contribution in [1.29, 1.82) is 0 Å². The van der Waals surface area contributed by atoms with Crippen molar-refractivity contribution < 1.29 is 4.74 Å². The number of aromatic nitrogens is 3. The highest BCUT2D eigenvalue weighted by atomic mass is 79.9. The Bertz CT molecular complexity index is 652. The molecule has 0 saturated carbocycles. The first-order chi connectivity index (χ1) is 9.67. The third kappa shape index (κ3) is 2.60. The highest BCUT2D eigenvalue weighted by Gasteiger charge is 2.22. The van der Waals surface area contributed by atoms with Crippen LogP contribution in [0.2, 0.25) is 0 Å². The maximum atomic E-state index is 5.81. The number of hydrogen-bond acceptors (Lipinski definition) is 6. The van der Waals surface area contributed by atoms with Gasteiger partial charge in [0.15, 0.2) is 11.9 Å². The summed E-state index contributed by atoms with van der Waals surface area (Å²) in [5.74, 6) is 1.42. The fourth-order valence-corrected chi connectivity index (χ4v) is 2.86. The van der Waals surface area contributed by atoms with Crippen LogP contribution in [-0.2, 0) is 0 Å². The number of rotatable bonds is 2. The van der Waals surface area contributed by atoms with E-state index >= 15 is 0 Å². The molecule has 0 aliphatic carbocycles. The molecular formula is C13H13BrN4OS. The fourth-order valence-electron chi connectivity index (χ4n) is 1.99. The van der Waals surface area contributed by atoms with Gasteiger partial charge in [0.1, 0.15) is 0 Å². The summed E-state index contributed by atoms with van der Waals surface area (Å²) in [6.07, 6.45) is -0.174. The van der Waals surface area contributed by atoms with E-state index in [1.165, 1.54) is 0 Å². The molecule has 0 radical (unpaired) electrons. The molecule has 0 saturated heterocycles. The van der Waals surface area contributed by atoms with Gasteiger partial charge in [-0.2, -0.15) is 4.98 Å². The average molecular weight is 353 g/mol. The van der Waals surface area contributed by atoms with Gasteiger partial charge in [-0.05, 0) is 30.9 Å². The van der Waals surface area contributed by atoms with Crippen LogP contribution in [0, 0.1) is 0 Å². The number of benzene rings is 1. The molecule has 7 heteroatoms. The summed E-state index contributed by atoms with van der Waals surface area (Å²) >= 11 is 5.03. The molecule has 2 heterocycles. The summed E-state index contributed by atoms with van der Waals surface area (Å²) in [5, 5.41) is 12.4. The minimum atomic E-state index is -0.174. The molecule has 1 aromatic heterocycles. The maximum Gasteiger partial charge on any atom is 0.247 e. The van der Waals surface area contributed by atoms with Gasteiger partial charge in [-0.3, -0.25) is 0 Å². The second kappa shape index (κ2) is 5.57. The van der Waals surface area contributed by atoms with E-state index in [1.807, 2.05) is 25.1 Å². The molecule has 0 fully saturated rings. The number of thioether (sulfide) groups is 1. The normalized spacial score (nSPS) is 16.4. The number of nitrogens with one attached hydrogen (secondary N) is 1. The predicted octanol–water partition coefficient (Wildman–Crippen LogP) is 3.56. The molecule has 1 N–H and O–H groups in total. The van der Waals surface area contributed by atoms with Gasteiger partial charge in [0.25, 0.3) is 0 Å². The largest absolute Gasteiger partial charge is 0.452 e. The van der Waals surface area contributed by atoms with Crippen molar-refractivity contribution in [1.82, 2.24) is 15.2 Å². The molecule has 3 rings (SSSR count). The summed E-state index contributed by atoms with van der Waals surface area (Å²) in [7, 11) is 0. The van der Waals surface area contributed by atoms with Crippen LogP contribution in [0.3, 0.4) is 0 Å². The van der Waals surface area contributed by atoms with Crippen LogP contribution in [0.4, 0.5) is 5.69 Å². The lowest BCUT2D eigenvalue weighted by atomic mass is 10.1. The highest BCUT2D eigenvalue weighted by molar-refractivity contribution is 9.10. The number of anilines is 1. The van der Waals surface area contributed by atoms with Crippen molar-refractivity contribution in [3.63, 3.8) is 0 Å². The number of nitrogens with zero attached hydrogens (tertiary/aromatic N) is 3. The Morgan fingerprint density at radius 3 is 3.05 bits per heavy atom. The molecule has 1 atom stereocenters. The molecule has 0 unspecified atom stereocenters. The Kier molecular flexibility index (Phi) is 3.80. The molecule has 2 aromatic rings. The Morgan fingerprint density at radius 2 is 2.25 bits per heavy atom. The zero-order valence-electron chi connectivity index (χ0n) is 11.1. The molecule has 1 aliphatic rings. The summed E-state index contributed by atoms with van der Waals surface area (Å²) in [5.41, 5.74) is 2.57. The highest BCUT2D eigenvalue weighted by Crippen LogP contribution is 2.37. The molecule has 0 bridgehead atoms. The van der Waals surface area contributed by atoms with Crippen LogP contribution in [0.5, 0.6) is 5.88 Å². The number of hydrogen-bond donors (Lipinski definition) is 1. The fraction of sp³-hybridized carbons (Fsp3) is 0.308. The van der Waals surface area contributed by atoms with E-state index < -0.39 is 0 Å². The lowest BCUT2D eigenvalue weighted by Crippen LogP contribution is -2.21. The van der Waals surface area contributed by atoms with E-state index in [9.17, 15) is 0 Å². The number of fused-ring (bicyclic) bond motifs is 3. The van der Waals surface area contributed by atoms with Gasteiger partial charge in [0.2, 0.25) is 11.0 Å². The zero-order valence-corrected chi connectivity index (χ0v) is 13.5. The Labute approximate surface area is 129 Å². The summed E-state index contributed by atoms with van der Waals surface area (Å²) in [6.45, 7) is 3.99. The standard InChI is InChI=1S/C13H13BrN4OS/c1-3-20-13-16-12-11(17-18-13)9-6-8(14)4-5-10(9)15-7(2)19-12/h4-7,15H,3H2,1-2H3/t7-/m0/s1. The van der Waals surface area contributed by atoms with Gasteiger partial charge in [-0.15, -0.1) is 10.2 Å². The van der Waals surface area contributed by atoms with E-state index in [1.54, 1.807) is 11.8 Å². The maximum absolute atomic E-state index is 5.81. The van der Waals surface area contributed by atoms with E-state index in [2.05, 4.69) is 43.4 Å². The van der Waals surface area contributed by atoms with Crippen molar-refractivity contribution in [2.45, 2.75) is 25.2 Å². The Morgan fingerprint density at radius 1 is 1.40 bits per heavy atom. The topological polar surface area (TPSA) is 59.9 Å². The van der Waals surface area contributed by atoms with E-state index in [4.69, 9.17) is 4.74 Å². The van der Waals surface area contributed by atoms with Crippen LogP contribution in [0.1, 0.15) is 13.8 Å². The lowest BCUT2D eigenvalue weighted by Gasteiger charge is -2.13. The van der Waals surface area contributed by atoms with Crippen molar-refractivity contribution in [3.8, 4) is 17.1 Å².